The highest BCUT2D eigenvalue weighted by Crippen LogP contribution is 2.35. The summed E-state index contributed by atoms with van der Waals surface area (Å²) in [6.45, 7) is 0. The van der Waals surface area contributed by atoms with Crippen LogP contribution in [0.1, 0.15) is 5.56 Å². The van der Waals surface area contributed by atoms with Crippen LogP contribution in [-0.4, -0.2) is 12.0 Å². The molecule has 4 nitrogen and oxygen atoms in total. The zero-order valence-electron chi connectivity index (χ0n) is 7.29. The second-order valence-corrected chi connectivity index (χ2v) is 3.14. The minimum atomic E-state index is -0.517. The molecule has 1 rings (SSSR count). The number of hydrogen-bond acceptors (Lipinski definition) is 3. The van der Waals surface area contributed by atoms with E-state index >= 15 is 0 Å². The second kappa shape index (κ2) is 4.48. The first-order valence-corrected chi connectivity index (χ1v) is 4.58. The largest absolute Gasteiger partial charge is 0.495 e. The normalized spacial score (nSPS) is 9.93. The third-order valence-electron chi connectivity index (χ3n) is 1.72. The van der Waals surface area contributed by atoms with E-state index in [4.69, 9.17) is 27.9 Å². The number of nitrogens with zero attached hydrogens (tertiary/aromatic N) is 1. The monoisotopic (exact) mass is 235 g/mol. The van der Waals surface area contributed by atoms with Crippen molar-refractivity contribution in [1.82, 2.24) is 0 Å². The lowest BCUT2D eigenvalue weighted by Gasteiger charge is -2.07. The molecule has 6 heteroatoms. The van der Waals surface area contributed by atoms with Gasteiger partial charge in [-0.25, -0.2) is 0 Å². The van der Waals surface area contributed by atoms with E-state index in [0.29, 0.717) is 10.6 Å². The summed E-state index contributed by atoms with van der Waals surface area (Å²) in [6.07, 6.45) is 0. The molecule has 0 bridgehead atoms. The molecule has 0 aliphatic carbocycles. The zero-order valence-corrected chi connectivity index (χ0v) is 8.80. The number of rotatable bonds is 3. The lowest BCUT2D eigenvalue weighted by molar-refractivity contribution is -0.385. The van der Waals surface area contributed by atoms with Crippen molar-refractivity contribution in [2.24, 2.45) is 0 Å². The van der Waals surface area contributed by atoms with Crippen LogP contribution in [0.5, 0.6) is 5.75 Å². The molecule has 14 heavy (non-hydrogen) atoms. The molecule has 0 spiro atoms. The van der Waals surface area contributed by atoms with Crippen LogP contribution in [0, 0.1) is 10.1 Å². The molecule has 0 unspecified atom stereocenters. The van der Waals surface area contributed by atoms with E-state index in [9.17, 15) is 10.1 Å². The Hall–Kier alpha value is -1.00. The first kappa shape index (κ1) is 11.1. The number of halogens is 2. The Morgan fingerprint density at radius 2 is 2.21 bits per heavy atom. The van der Waals surface area contributed by atoms with E-state index < -0.39 is 4.92 Å². The van der Waals surface area contributed by atoms with Crippen molar-refractivity contribution in [2.45, 2.75) is 5.88 Å². The molecule has 0 aliphatic heterocycles. The highest BCUT2D eigenvalue weighted by atomic mass is 35.5. The average Bonchev–Trinajstić information content (AvgIpc) is 2.16. The summed E-state index contributed by atoms with van der Waals surface area (Å²) < 4.78 is 4.94. The molecule has 0 aromatic heterocycles. The van der Waals surface area contributed by atoms with Crippen LogP contribution in [0.3, 0.4) is 0 Å². The van der Waals surface area contributed by atoms with Crippen molar-refractivity contribution in [3.63, 3.8) is 0 Å². The van der Waals surface area contributed by atoms with Gasteiger partial charge in [0.1, 0.15) is 5.75 Å². The Labute approximate surface area is 90.5 Å². The van der Waals surface area contributed by atoms with E-state index in [1.807, 2.05) is 0 Å². The molecular weight excluding hydrogens is 229 g/mol. The van der Waals surface area contributed by atoms with E-state index in [2.05, 4.69) is 0 Å². The van der Waals surface area contributed by atoms with Crippen LogP contribution in [0.2, 0.25) is 5.02 Å². The maximum atomic E-state index is 10.6. The summed E-state index contributed by atoms with van der Waals surface area (Å²) >= 11 is 11.4. The van der Waals surface area contributed by atoms with Gasteiger partial charge in [0.15, 0.2) is 0 Å². The second-order valence-electron chi connectivity index (χ2n) is 2.47. The van der Waals surface area contributed by atoms with Gasteiger partial charge in [0, 0.05) is 6.07 Å². The van der Waals surface area contributed by atoms with Gasteiger partial charge in [0.05, 0.1) is 28.5 Å². The summed E-state index contributed by atoms with van der Waals surface area (Å²) in [7, 11) is 1.39. The van der Waals surface area contributed by atoms with E-state index in [-0.39, 0.29) is 17.3 Å². The number of nitro benzene ring substituents is 1. The van der Waals surface area contributed by atoms with Crippen LogP contribution < -0.4 is 4.74 Å². The van der Waals surface area contributed by atoms with E-state index in [1.165, 1.54) is 19.2 Å². The summed E-state index contributed by atoms with van der Waals surface area (Å²) in [5, 5.41) is 10.9. The number of nitro groups is 1. The molecule has 1 aromatic rings. The summed E-state index contributed by atoms with van der Waals surface area (Å²) in [5.74, 6) is 0.246. The Morgan fingerprint density at radius 3 is 2.64 bits per heavy atom. The van der Waals surface area contributed by atoms with Gasteiger partial charge in [-0.3, -0.25) is 10.1 Å². The maximum Gasteiger partial charge on any atom is 0.277 e. The molecule has 0 saturated heterocycles. The Balaban J connectivity index is 3.40. The van der Waals surface area contributed by atoms with Gasteiger partial charge in [-0.05, 0) is 6.07 Å². The molecular formula is C8H7Cl2NO3. The van der Waals surface area contributed by atoms with Crippen molar-refractivity contribution >= 4 is 28.9 Å². The van der Waals surface area contributed by atoms with E-state index in [0.717, 1.165) is 0 Å². The van der Waals surface area contributed by atoms with Crippen LogP contribution in [0.4, 0.5) is 5.69 Å². The molecule has 0 aliphatic rings. The first-order chi connectivity index (χ1) is 6.61. The quantitative estimate of drug-likeness (QED) is 0.460. The van der Waals surface area contributed by atoms with Crippen LogP contribution in [0.15, 0.2) is 12.1 Å². The minimum absolute atomic E-state index is 0.0138. The number of methoxy groups -OCH3 is 1. The van der Waals surface area contributed by atoms with E-state index in [1.54, 1.807) is 0 Å². The van der Waals surface area contributed by atoms with Crippen molar-refractivity contribution in [1.29, 1.82) is 0 Å². The summed E-state index contributed by atoms with van der Waals surface area (Å²) in [6, 6.07) is 2.72. The highest BCUT2D eigenvalue weighted by Gasteiger charge is 2.19. The Morgan fingerprint density at radius 1 is 1.57 bits per heavy atom. The molecule has 0 atom stereocenters. The third-order valence-corrected chi connectivity index (χ3v) is 2.29. The lowest BCUT2D eigenvalue weighted by atomic mass is 10.2. The van der Waals surface area contributed by atoms with Crippen molar-refractivity contribution in [2.75, 3.05) is 7.11 Å². The Bertz CT molecular complexity index is 368. The predicted molar refractivity (Wildman–Crippen MR) is 54.2 cm³/mol. The fourth-order valence-corrected chi connectivity index (χ4v) is 1.62. The molecule has 1 aromatic carbocycles. The molecule has 0 amide bonds. The molecule has 0 N–H and O–H groups in total. The number of alkyl halides is 1. The van der Waals surface area contributed by atoms with Crippen LogP contribution in [-0.2, 0) is 5.88 Å². The number of benzene rings is 1. The third kappa shape index (κ3) is 1.91. The van der Waals surface area contributed by atoms with Gasteiger partial charge in [0.2, 0.25) is 0 Å². The Kier molecular flexibility index (Phi) is 3.55. The van der Waals surface area contributed by atoms with Gasteiger partial charge in [-0.15, -0.1) is 11.6 Å². The molecule has 76 valence electrons. The van der Waals surface area contributed by atoms with Gasteiger partial charge >= 0.3 is 0 Å². The SMILES string of the molecule is COc1c(Cl)ccc([N+](=O)[O-])c1CCl. The summed E-state index contributed by atoms with van der Waals surface area (Å²) in [5.41, 5.74) is 0.216. The highest BCUT2D eigenvalue weighted by molar-refractivity contribution is 6.32. The van der Waals surface area contributed by atoms with Gasteiger partial charge < -0.3 is 4.74 Å². The minimum Gasteiger partial charge on any atom is -0.495 e. The zero-order chi connectivity index (χ0) is 10.7. The average molecular weight is 236 g/mol. The van der Waals surface area contributed by atoms with Gasteiger partial charge in [0.25, 0.3) is 5.69 Å². The van der Waals surface area contributed by atoms with Crippen LogP contribution in [0.25, 0.3) is 0 Å². The van der Waals surface area contributed by atoms with Crippen molar-refractivity contribution < 1.29 is 9.66 Å². The maximum absolute atomic E-state index is 10.6. The summed E-state index contributed by atoms with van der Waals surface area (Å²) in [4.78, 5) is 10.1. The fraction of sp³-hybridized carbons (Fsp3) is 0.250. The van der Waals surface area contributed by atoms with Gasteiger partial charge in [-0.1, -0.05) is 11.6 Å². The molecule has 0 saturated carbocycles. The topological polar surface area (TPSA) is 52.4 Å². The predicted octanol–water partition coefficient (Wildman–Crippen LogP) is 3.00. The van der Waals surface area contributed by atoms with Crippen LogP contribution >= 0.6 is 23.2 Å². The molecule has 0 heterocycles. The molecule has 0 radical (unpaired) electrons. The fourth-order valence-electron chi connectivity index (χ4n) is 1.11. The number of ether oxygens (including phenoxy) is 1. The first-order valence-electron chi connectivity index (χ1n) is 3.67. The van der Waals surface area contributed by atoms with Gasteiger partial charge in [-0.2, -0.15) is 0 Å². The lowest BCUT2D eigenvalue weighted by Crippen LogP contribution is -1.97. The number of hydrogen-bond donors (Lipinski definition) is 0. The smallest absolute Gasteiger partial charge is 0.277 e. The standard InChI is InChI=1S/C8H7Cl2NO3/c1-14-8-5(4-9)7(11(12)13)3-2-6(8)10/h2-3H,4H2,1H3. The molecule has 0 fully saturated rings. The van der Waals surface area contributed by atoms with Crippen molar-refractivity contribution in [3.8, 4) is 5.75 Å². The van der Waals surface area contributed by atoms with Crippen molar-refractivity contribution in [3.05, 3.63) is 32.8 Å².